The normalized spacial score (nSPS) is 26.9. The molecule has 1 aliphatic rings. The van der Waals surface area contributed by atoms with Gasteiger partial charge in [-0.05, 0) is 36.6 Å². The van der Waals surface area contributed by atoms with Gasteiger partial charge in [-0.25, -0.2) is 0 Å². The summed E-state index contributed by atoms with van der Waals surface area (Å²) < 4.78 is 0. The molecule has 1 aromatic rings. The van der Waals surface area contributed by atoms with E-state index < -0.39 is 18.1 Å². The highest BCUT2D eigenvalue weighted by atomic mass is 16.3. The number of rotatable bonds is 3. The van der Waals surface area contributed by atoms with E-state index >= 15 is 0 Å². The summed E-state index contributed by atoms with van der Waals surface area (Å²) in [6.45, 7) is 0. The number of aromatic hydroxyl groups is 2. The van der Waals surface area contributed by atoms with Crippen molar-refractivity contribution in [1.82, 2.24) is 0 Å². The lowest BCUT2D eigenvalue weighted by molar-refractivity contribution is -0.123. The van der Waals surface area contributed by atoms with Gasteiger partial charge in [0, 0.05) is 0 Å². The van der Waals surface area contributed by atoms with Gasteiger partial charge in [0.15, 0.2) is 17.3 Å². The number of aliphatic hydroxyl groups is 2. The van der Waals surface area contributed by atoms with E-state index in [2.05, 4.69) is 0 Å². The summed E-state index contributed by atoms with van der Waals surface area (Å²) in [6, 6.07) is 4.18. The highest BCUT2D eigenvalue weighted by molar-refractivity contribution is 5.96. The van der Waals surface area contributed by atoms with Crippen molar-refractivity contribution in [3.05, 3.63) is 29.8 Å². The van der Waals surface area contributed by atoms with Gasteiger partial charge in [-0.3, -0.25) is 4.79 Å². The van der Waals surface area contributed by atoms with Crippen LogP contribution in [-0.4, -0.2) is 38.4 Å². The zero-order valence-electron chi connectivity index (χ0n) is 10.2. The predicted octanol–water partition coefficient (Wildman–Crippen LogP) is 0.812. The molecule has 5 heteroatoms. The Morgan fingerprint density at radius 1 is 1.11 bits per heavy atom. The van der Waals surface area contributed by atoms with Gasteiger partial charge in [-0.15, -0.1) is 0 Å². The number of aliphatic hydroxyl groups excluding tert-OH is 2. The smallest absolute Gasteiger partial charge is 0.163 e. The van der Waals surface area contributed by atoms with Crippen molar-refractivity contribution in [2.24, 2.45) is 5.92 Å². The van der Waals surface area contributed by atoms with Crippen molar-refractivity contribution in [2.45, 2.75) is 25.0 Å². The van der Waals surface area contributed by atoms with E-state index in [-0.39, 0.29) is 17.3 Å². The van der Waals surface area contributed by atoms with Crippen LogP contribution in [-0.2, 0) is 4.79 Å². The van der Waals surface area contributed by atoms with Crippen molar-refractivity contribution in [2.75, 3.05) is 0 Å². The molecule has 0 heterocycles. The zero-order chi connectivity index (χ0) is 14.0. The first kappa shape index (κ1) is 13.6. The Bertz CT molecular complexity index is 499. The van der Waals surface area contributed by atoms with Crippen LogP contribution in [0.5, 0.6) is 11.5 Å². The fourth-order valence-electron chi connectivity index (χ4n) is 2.27. The second kappa shape index (κ2) is 5.42. The van der Waals surface area contributed by atoms with Crippen molar-refractivity contribution in [3.63, 3.8) is 0 Å². The fraction of sp³-hybridized carbons (Fsp3) is 0.357. The summed E-state index contributed by atoms with van der Waals surface area (Å²) in [6.07, 6.45) is 1.98. The molecule has 2 unspecified atom stereocenters. The van der Waals surface area contributed by atoms with Gasteiger partial charge in [-0.1, -0.05) is 12.1 Å². The molecule has 0 radical (unpaired) electrons. The van der Waals surface area contributed by atoms with Gasteiger partial charge in [0.1, 0.15) is 0 Å². The molecule has 0 aliphatic heterocycles. The lowest BCUT2D eigenvalue weighted by Crippen LogP contribution is -2.29. The molecule has 5 nitrogen and oxygen atoms in total. The molecule has 2 atom stereocenters. The lowest BCUT2D eigenvalue weighted by Gasteiger charge is -2.14. The monoisotopic (exact) mass is 264 g/mol. The third kappa shape index (κ3) is 2.94. The Morgan fingerprint density at radius 2 is 1.74 bits per heavy atom. The van der Waals surface area contributed by atoms with Crippen LogP contribution >= 0.6 is 0 Å². The molecular weight excluding hydrogens is 248 g/mol. The standard InChI is InChI=1S/C14H16O5/c15-9-3-1-8(7-13(9)19)2-4-10(16)14-11(17)5-6-12(14)18/h1-4,7,11-12,14-15,17-19H,5-6H2. The highest BCUT2D eigenvalue weighted by Gasteiger charge is 2.37. The zero-order valence-corrected chi connectivity index (χ0v) is 10.2. The quantitative estimate of drug-likeness (QED) is 0.478. The first-order valence-corrected chi connectivity index (χ1v) is 6.09. The minimum Gasteiger partial charge on any atom is -0.504 e. The van der Waals surface area contributed by atoms with Gasteiger partial charge >= 0.3 is 0 Å². The predicted molar refractivity (Wildman–Crippen MR) is 68.6 cm³/mol. The summed E-state index contributed by atoms with van der Waals surface area (Å²) in [4.78, 5) is 11.9. The minimum atomic E-state index is -0.805. The number of hydrogen-bond acceptors (Lipinski definition) is 5. The summed E-state index contributed by atoms with van der Waals surface area (Å²) >= 11 is 0. The van der Waals surface area contributed by atoms with Crippen LogP contribution in [0.3, 0.4) is 0 Å². The van der Waals surface area contributed by atoms with Crippen LogP contribution in [0.25, 0.3) is 6.08 Å². The van der Waals surface area contributed by atoms with Gasteiger partial charge < -0.3 is 20.4 Å². The van der Waals surface area contributed by atoms with Crippen LogP contribution in [0.2, 0.25) is 0 Å². The third-order valence-electron chi connectivity index (χ3n) is 3.36. The first-order valence-electron chi connectivity index (χ1n) is 6.09. The molecule has 0 spiro atoms. The minimum absolute atomic E-state index is 0.231. The van der Waals surface area contributed by atoms with E-state index in [0.29, 0.717) is 18.4 Å². The van der Waals surface area contributed by atoms with Crippen LogP contribution in [0, 0.1) is 5.92 Å². The first-order chi connectivity index (χ1) is 8.99. The number of hydrogen-bond donors (Lipinski definition) is 4. The maximum atomic E-state index is 11.9. The Kier molecular flexibility index (Phi) is 3.87. The van der Waals surface area contributed by atoms with Gasteiger partial charge in [0.05, 0.1) is 18.1 Å². The number of carbonyl (C=O) groups is 1. The number of phenols is 2. The molecule has 1 saturated carbocycles. The maximum Gasteiger partial charge on any atom is 0.163 e. The molecule has 4 N–H and O–H groups in total. The average molecular weight is 264 g/mol. The molecule has 0 bridgehead atoms. The molecule has 0 aromatic heterocycles. The number of benzene rings is 1. The Labute approximate surface area is 110 Å². The second-order valence-electron chi connectivity index (χ2n) is 4.72. The lowest BCUT2D eigenvalue weighted by atomic mass is 9.97. The van der Waals surface area contributed by atoms with Crippen molar-refractivity contribution < 1.29 is 25.2 Å². The summed E-state index contributed by atoms with van der Waals surface area (Å²) in [7, 11) is 0. The highest BCUT2D eigenvalue weighted by Crippen LogP contribution is 2.28. The summed E-state index contributed by atoms with van der Waals surface area (Å²) in [5.41, 5.74) is 0.547. The number of phenolic OH excluding ortho intramolecular Hbond substituents is 2. The van der Waals surface area contributed by atoms with E-state index in [1.165, 1.54) is 24.3 Å². The molecule has 102 valence electrons. The molecule has 1 aromatic carbocycles. The molecule has 1 fully saturated rings. The number of carbonyl (C=O) groups excluding carboxylic acids is 1. The van der Waals surface area contributed by atoms with Crippen LogP contribution in [0.1, 0.15) is 18.4 Å². The number of allylic oxidation sites excluding steroid dienone is 1. The summed E-state index contributed by atoms with van der Waals surface area (Å²) in [5, 5.41) is 37.7. The molecule has 0 amide bonds. The van der Waals surface area contributed by atoms with Gasteiger partial charge in [0.2, 0.25) is 0 Å². The van der Waals surface area contributed by atoms with Crippen LogP contribution in [0.15, 0.2) is 24.3 Å². The van der Waals surface area contributed by atoms with Crippen molar-refractivity contribution in [1.29, 1.82) is 0 Å². The number of ketones is 1. The third-order valence-corrected chi connectivity index (χ3v) is 3.36. The van der Waals surface area contributed by atoms with E-state index in [4.69, 9.17) is 5.11 Å². The molecule has 1 aliphatic carbocycles. The Hall–Kier alpha value is -1.85. The fourth-order valence-corrected chi connectivity index (χ4v) is 2.27. The molecular formula is C14H16O5. The molecule has 0 saturated heterocycles. The largest absolute Gasteiger partial charge is 0.504 e. The summed E-state index contributed by atoms with van der Waals surface area (Å²) in [5.74, 6) is -1.62. The van der Waals surface area contributed by atoms with E-state index in [1.54, 1.807) is 6.07 Å². The second-order valence-corrected chi connectivity index (χ2v) is 4.72. The Balaban J connectivity index is 2.09. The molecule has 19 heavy (non-hydrogen) atoms. The SMILES string of the molecule is O=C(C=Cc1ccc(O)c(O)c1)C1C(O)CCC1O. The van der Waals surface area contributed by atoms with E-state index in [1.807, 2.05) is 0 Å². The Morgan fingerprint density at radius 3 is 2.32 bits per heavy atom. The van der Waals surface area contributed by atoms with Crippen molar-refractivity contribution in [3.8, 4) is 11.5 Å². The van der Waals surface area contributed by atoms with Crippen LogP contribution < -0.4 is 0 Å². The van der Waals surface area contributed by atoms with Crippen molar-refractivity contribution >= 4 is 11.9 Å². The average Bonchev–Trinajstić information content (AvgIpc) is 2.70. The van der Waals surface area contributed by atoms with Gasteiger partial charge in [-0.2, -0.15) is 0 Å². The van der Waals surface area contributed by atoms with E-state index in [9.17, 15) is 20.1 Å². The molecule has 2 rings (SSSR count). The van der Waals surface area contributed by atoms with Crippen LogP contribution in [0.4, 0.5) is 0 Å². The van der Waals surface area contributed by atoms with E-state index in [0.717, 1.165) is 0 Å². The van der Waals surface area contributed by atoms with Gasteiger partial charge in [0.25, 0.3) is 0 Å². The topological polar surface area (TPSA) is 98.0 Å². The maximum absolute atomic E-state index is 11.9.